The van der Waals surface area contributed by atoms with Crippen LogP contribution in [-0.4, -0.2) is 78.8 Å². The molecule has 1 aromatic rings. The molecule has 4 aliphatic rings. The maximum atomic E-state index is 15.2. The number of alkyl halides is 1. The number of carbonyl (C=O) groups excluding carboxylic acids is 1. The SMILES string of the molecule is O=C(C1CN(Cc2ccccc2)C[C@H]1C1C=CC(O)=CC1F)N1CCCC(C2=CC=C(Cl)CC2)N(S(=O)O)CC1. The van der Waals surface area contributed by atoms with Crippen molar-refractivity contribution in [3.63, 3.8) is 0 Å². The first-order chi connectivity index (χ1) is 19.3. The minimum Gasteiger partial charge on any atom is -0.508 e. The van der Waals surface area contributed by atoms with E-state index in [2.05, 4.69) is 4.90 Å². The van der Waals surface area contributed by atoms with E-state index in [1.165, 1.54) is 12.2 Å². The van der Waals surface area contributed by atoms with Crippen LogP contribution < -0.4 is 0 Å². The summed E-state index contributed by atoms with van der Waals surface area (Å²) >= 11 is 3.95. The van der Waals surface area contributed by atoms with Gasteiger partial charge in [0, 0.05) is 56.3 Å². The monoisotopic (exact) mass is 589 g/mol. The van der Waals surface area contributed by atoms with Crippen molar-refractivity contribution in [3.05, 3.63) is 82.6 Å². The fourth-order valence-electron chi connectivity index (χ4n) is 6.58. The van der Waals surface area contributed by atoms with Gasteiger partial charge in [0.25, 0.3) is 0 Å². The van der Waals surface area contributed by atoms with E-state index in [4.69, 9.17) is 11.6 Å². The predicted octanol–water partition coefficient (Wildman–Crippen LogP) is 4.97. The molecule has 7 nitrogen and oxygen atoms in total. The molecular weight excluding hydrogens is 553 g/mol. The van der Waals surface area contributed by atoms with Crippen LogP contribution in [-0.2, 0) is 22.6 Å². The van der Waals surface area contributed by atoms with Gasteiger partial charge in [0.1, 0.15) is 11.9 Å². The number of carbonyl (C=O) groups is 1. The van der Waals surface area contributed by atoms with E-state index in [1.54, 1.807) is 15.3 Å². The largest absolute Gasteiger partial charge is 0.508 e. The second kappa shape index (κ2) is 13.1. The smallest absolute Gasteiger partial charge is 0.235 e. The number of amides is 1. The highest BCUT2D eigenvalue weighted by Gasteiger charge is 2.45. The Morgan fingerprint density at radius 3 is 2.60 bits per heavy atom. The summed E-state index contributed by atoms with van der Waals surface area (Å²) < 4.78 is 39.3. The van der Waals surface area contributed by atoms with Gasteiger partial charge in [0.2, 0.25) is 17.2 Å². The van der Waals surface area contributed by atoms with Gasteiger partial charge < -0.3 is 10.0 Å². The molecule has 5 unspecified atom stereocenters. The quantitative estimate of drug-likeness (QED) is 0.458. The summed E-state index contributed by atoms with van der Waals surface area (Å²) in [4.78, 5) is 18.1. The van der Waals surface area contributed by atoms with Gasteiger partial charge >= 0.3 is 0 Å². The molecular formula is C30H37ClFN3O4S. The highest BCUT2D eigenvalue weighted by Crippen LogP contribution is 2.38. The Bertz CT molecular complexity index is 1220. The average molecular weight is 590 g/mol. The molecule has 2 N–H and O–H groups in total. The summed E-state index contributed by atoms with van der Waals surface area (Å²) in [6.07, 6.45) is 9.72. The molecule has 0 radical (unpaired) electrons. The zero-order valence-corrected chi connectivity index (χ0v) is 24.0. The molecule has 0 bridgehead atoms. The number of aliphatic hydroxyl groups is 1. The lowest BCUT2D eigenvalue weighted by atomic mass is 9.78. The van der Waals surface area contributed by atoms with Crippen LogP contribution in [0.15, 0.2) is 77.1 Å². The number of rotatable bonds is 6. The molecule has 216 valence electrons. The lowest BCUT2D eigenvalue weighted by molar-refractivity contribution is -0.137. The molecule has 2 heterocycles. The Kier molecular flexibility index (Phi) is 9.58. The summed E-state index contributed by atoms with van der Waals surface area (Å²) in [6, 6.07) is 9.86. The summed E-state index contributed by atoms with van der Waals surface area (Å²) in [5, 5.41) is 10.6. The van der Waals surface area contributed by atoms with E-state index < -0.39 is 29.3 Å². The van der Waals surface area contributed by atoms with Crippen LogP contribution >= 0.6 is 11.6 Å². The minimum absolute atomic E-state index is 0.0337. The Morgan fingerprint density at radius 1 is 1.10 bits per heavy atom. The zero-order valence-electron chi connectivity index (χ0n) is 22.4. The molecule has 0 aromatic heterocycles. The van der Waals surface area contributed by atoms with Crippen molar-refractivity contribution in [2.45, 2.75) is 44.4 Å². The van der Waals surface area contributed by atoms with Crippen LogP contribution in [0.5, 0.6) is 0 Å². The van der Waals surface area contributed by atoms with Crippen LogP contribution in [0.2, 0.25) is 0 Å². The summed E-state index contributed by atoms with van der Waals surface area (Å²) in [5.74, 6) is -1.30. The van der Waals surface area contributed by atoms with E-state index in [-0.39, 0.29) is 30.2 Å². The van der Waals surface area contributed by atoms with Crippen molar-refractivity contribution < 1.29 is 23.1 Å². The van der Waals surface area contributed by atoms with Crippen LogP contribution in [0.1, 0.15) is 31.2 Å². The van der Waals surface area contributed by atoms with Crippen LogP contribution in [0, 0.1) is 17.8 Å². The van der Waals surface area contributed by atoms with Crippen molar-refractivity contribution >= 4 is 28.8 Å². The third-order valence-electron chi connectivity index (χ3n) is 8.60. The molecule has 40 heavy (non-hydrogen) atoms. The van der Waals surface area contributed by atoms with E-state index in [0.717, 1.165) is 29.0 Å². The van der Waals surface area contributed by atoms with E-state index in [1.807, 2.05) is 42.5 Å². The first-order valence-corrected chi connectivity index (χ1v) is 15.4. The molecule has 0 saturated carbocycles. The molecule has 5 rings (SSSR count). The maximum Gasteiger partial charge on any atom is 0.235 e. The minimum atomic E-state index is -2.19. The van der Waals surface area contributed by atoms with Crippen molar-refractivity contribution in [1.82, 2.24) is 14.1 Å². The highest BCUT2D eigenvalue weighted by molar-refractivity contribution is 7.76. The van der Waals surface area contributed by atoms with E-state index in [0.29, 0.717) is 45.6 Å². The molecule has 2 aliphatic carbocycles. The number of benzene rings is 1. The number of likely N-dealkylation sites (tertiary alicyclic amines) is 1. The fraction of sp³-hybridized carbons (Fsp3) is 0.500. The molecule has 1 amide bonds. The maximum absolute atomic E-state index is 15.2. The topological polar surface area (TPSA) is 84.3 Å². The second-order valence-corrected chi connectivity index (χ2v) is 12.5. The number of aliphatic hydroxyl groups excluding tert-OH is 1. The van der Waals surface area contributed by atoms with E-state index in [9.17, 15) is 18.7 Å². The van der Waals surface area contributed by atoms with Gasteiger partial charge in [-0.25, -0.2) is 8.60 Å². The van der Waals surface area contributed by atoms with Gasteiger partial charge in [-0.1, -0.05) is 59.7 Å². The third-order valence-corrected chi connectivity index (χ3v) is 9.76. The molecule has 1 aromatic carbocycles. The first kappa shape index (κ1) is 29.2. The first-order valence-electron chi connectivity index (χ1n) is 14.0. The van der Waals surface area contributed by atoms with Crippen molar-refractivity contribution in [2.75, 3.05) is 32.7 Å². The number of nitrogens with zero attached hydrogens (tertiary/aromatic N) is 3. The van der Waals surface area contributed by atoms with Gasteiger partial charge in [-0.3, -0.25) is 14.2 Å². The van der Waals surface area contributed by atoms with Gasteiger partial charge in [-0.15, -0.1) is 0 Å². The standard InChI is InChI=1S/C30H37ClFN3O4S/c31-23-10-8-22(9-11-23)29-7-4-14-34(15-16-35(29)40(38)39)30(37)27-20-33(18-21-5-2-1-3-6-21)19-26(27)25-13-12-24(36)17-28(25)32/h1-3,5-6,8,10,12-13,17,25-29,36H,4,7,9,11,14-16,18-20H2,(H,38,39)/t25?,26-,27?,28?,29?/m0/s1. The highest BCUT2D eigenvalue weighted by atomic mass is 35.5. The van der Waals surface area contributed by atoms with E-state index >= 15 is 4.39 Å². The van der Waals surface area contributed by atoms with Gasteiger partial charge in [0.15, 0.2) is 0 Å². The van der Waals surface area contributed by atoms with Crippen molar-refractivity contribution in [3.8, 4) is 0 Å². The molecule has 0 spiro atoms. The molecule has 6 atom stereocenters. The molecule has 2 aliphatic heterocycles. The average Bonchev–Trinajstić information content (AvgIpc) is 3.32. The number of hydrogen-bond donors (Lipinski definition) is 2. The Hall–Kier alpha value is -2.30. The Balaban J connectivity index is 1.33. The Labute approximate surface area is 243 Å². The lowest BCUT2D eigenvalue weighted by Crippen LogP contribution is -2.49. The Morgan fingerprint density at radius 2 is 1.90 bits per heavy atom. The fourth-order valence-corrected chi connectivity index (χ4v) is 7.44. The zero-order chi connectivity index (χ0) is 28.2. The molecule has 2 saturated heterocycles. The van der Waals surface area contributed by atoms with Crippen LogP contribution in [0.4, 0.5) is 4.39 Å². The molecule has 2 fully saturated rings. The number of halogens is 2. The number of hydrogen-bond acceptors (Lipinski definition) is 4. The summed E-state index contributed by atoms with van der Waals surface area (Å²) in [5.41, 5.74) is 2.22. The number of allylic oxidation sites excluding steroid dienone is 6. The summed E-state index contributed by atoms with van der Waals surface area (Å²) in [6.45, 7) is 2.90. The molecule has 10 heteroatoms. The van der Waals surface area contributed by atoms with Crippen LogP contribution in [0.25, 0.3) is 0 Å². The van der Waals surface area contributed by atoms with Gasteiger partial charge in [-0.05, 0) is 55.4 Å². The predicted molar refractivity (Wildman–Crippen MR) is 155 cm³/mol. The normalized spacial score (nSPS) is 31.1. The summed E-state index contributed by atoms with van der Waals surface area (Å²) in [7, 11) is 0. The van der Waals surface area contributed by atoms with Gasteiger partial charge in [0.05, 0.1) is 5.92 Å². The van der Waals surface area contributed by atoms with Crippen molar-refractivity contribution in [2.24, 2.45) is 17.8 Å². The van der Waals surface area contributed by atoms with Crippen LogP contribution in [0.3, 0.4) is 0 Å². The second-order valence-electron chi connectivity index (χ2n) is 11.1. The van der Waals surface area contributed by atoms with Crippen molar-refractivity contribution in [1.29, 1.82) is 0 Å². The van der Waals surface area contributed by atoms with Gasteiger partial charge in [-0.2, -0.15) is 4.31 Å². The lowest BCUT2D eigenvalue weighted by Gasteiger charge is -2.37. The third kappa shape index (κ3) is 6.77.